The summed E-state index contributed by atoms with van der Waals surface area (Å²) in [6.45, 7) is 4.96. The molecule has 2 aromatic rings. The fourth-order valence-corrected chi connectivity index (χ4v) is 3.69. The fraction of sp³-hybridized carbons (Fsp3) is 0.533. The monoisotopic (exact) mass is 421 g/mol. The summed E-state index contributed by atoms with van der Waals surface area (Å²) in [5.74, 6) is 1.22. The highest BCUT2D eigenvalue weighted by molar-refractivity contribution is 14.1. The molecule has 0 aliphatic carbocycles. The molecule has 0 saturated carbocycles. The fourth-order valence-electron chi connectivity index (χ4n) is 3.07. The number of hydrogen-bond acceptors (Lipinski definition) is 2. The van der Waals surface area contributed by atoms with Gasteiger partial charge in [-0.15, -0.1) is 11.6 Å². The van der Waals surface area contributed by atoms with Crippen molar-refractivity contribution in [1.82, 2.24) is 14.5 Å². The molecule has 2 unspecified atom stereocenters. The summed E-state index contributed by atoms with van der Waals surface area (Å²) >= 11 is 8.28. The predicted octanol–water partition coefficient (Wildman–Crippen LogP) is 4.03. The minimum atomic E-state index is -0.193. The summed E-state index contributed by atoms with van der Waals surface area (Å²) < 4.78 is 16.6. The van der Waals surface area contributed by atoms with Crippen molar-refractivity contribution in [2.24, 2.45) is 5.92 Å². The maximum Gasteiger partial charge on any atom is 0.138 e. The molecule has 1 aliphatic heterocycles. The van der Waals surface area contributed by atoms with Crippen molar-refractivity contribution >= 4 is 45.2 Å². The summed E-state index contributed by atoms with van der Waals surface area (Å²) in [7, 11) is 2.14. The van der Waals surface area contributed by atoms with Crippen LogP contribution in [0.15, 0.2) is 12.1 Å². The average Bonchev–Trinajstić information content (AvgIpc) is 2.96. The quantitative estimate of drug-likeness (QED) is 0.551. The van der Waals surface area contributed by atoms with Crippen molar-refractivity contribution in [1.29, 1.82) is 0 Å². The molecule has 3 nitrogen and oxygen atoms in total. The number of fused-ring (bicyclic) bond motifs is 1. The number of benzene rings is 1. The van der Waals surface area contributed by atoms with E-state index < -0.39 is 0 Å². The summed E-state index contributed by atoms with van der Waals surface area (Å²) in [6, 6.07) is 3.39. The molecule has 0 bridgehead atoms. The van der Waals surface area contributed by atoms with Gasteiger partial charge in [0.1, 0.15) is 11.6 Å². The van der Waals surface area contributed by atoms with Crippen molar-refractivity contribution in [2.75, 3.05) is 20.1 Å². The summed E-state index contributed by atoms with van der Waals surface area (Å²) in [5.41, 5.74) is 1.68. The third-order valence-corrected chi connectivity index (χ3v) is 5.13. The van der Waals surface area contributed by atoms with Crippen LogP contribution in [0.1, 0.15) is 24.5 Å². The van der Waals surface area contributed by atoms with Crippen LogP contribution in [-0.2, 0) is 6.54 Å². The van der Waals surface area contributed by atoms with E-state index in [4.69, 9.17) is 11.6 Å². The summed E-state index contributed by atoms with van der Waals surface area (Å²) in [6.07, 6.45) is 1.17. The van der Waals surface area contributed by atoms with Gasteiger partial charge in [0.25, 0.3) is 0 Å². The van der Waals surface area contributed by atoms with Gasteiger partial charge >= 0.3 is 0 Å². The van der Waals surface area contributed by atoms with E-state index >= 15 is 0 Å². The molecule has 1 aliphatic rings. The second-order valence-electron chi connectivity index (χ2n) is 5.87. The standard InChI is InChI=1S/C15H18ClFIN3/c1-9(16)15-19-13-6-12(18)11(17)5-14(13)21(15)8-10-3-4-20(2)7-10/h5-6,9-10H,3-4,7-8H2,1-2H3. The molecule has 1 aromatic carbocycles. The van der Waals surface area contributed by atoms with Gasteiger partial charge in [-0.25, -0.2) is 9.37 Å². The van der Waals surface area contributed by atoms with Crippen LogP contribution < -0.4 is 0 Å². The molecular formula is C15H18ClFIN3. The molecule has 21 heavy (non-hydrogen) atoms. The van der Waals surface area contributed by atoms with Crippen LogP contribution in [0.4, 0.5) is 4.39 Å². The number of aromatic nitrogens is 2. The van der Waals surface area contributed by atoms with Crippen LogP contribution in [0.5, 0.6) is 0 Å². The Bertz CT molecular complexity index is 670. The lowest BCUT2D eigenvalue weighted by molar-refractivity contribution is 0.377. The lowest BCUT2D eigenvalue weighted by atomic mass is 10.1. The highest BCUT2D eigenvalue weighted by Crippen LogP contribution is 2.29. The molecule has 0 amide bonds. The second kappa shape index (κ2) is 6.01. The van der Waals surface area contributed by atoms with Gasteiger partial charge in [-0.2, -0.15) is 0 Å². The molecule has 114 valence electrons. The molecule has 2 atom stereocenters. The molecule has 2 heterocycles. The van der Waals surface area contributed by atoms with Gasteiger partial charge in [-0.05, 0) is 61.5 Å². The molecule has 0 radical (unpaired) electrons. The van der Waals surface area contributed by atoms with Gasteiger partial charge in [0.05, 0.1) is 20.0 Å². The van der Waals surface area contributed by atoms with E-state index in [1.807, 2.05) is 29.5 Å². The van der Waals surface area contributed by atoms with Gasteiger partial charge in [0, 0.05) is 19.2 Å². The van der Waals surface area contributed by atoms with E-state index in [-0.39, 0.29) is 11.2 Å². The average molecular weight is 422 g/mol. The van der Waals surface area contributed by atoms with E-state index in [1.165, 1.54) is 6.42 Å². The van der Waals surface area contributed by atoms with Gasteiger partial charge < -0.3 is 9.47 Å². The van der Waals surface area contributed by atoms with Gasteiger partial charge in [0.15, 0.2) is 0 Å². The first-order chi connectivity index (χ1) is 9.95. The normalized spacial score (nSPS) is 21.3. The number of likely N-dealkylation sites (tertiary alicyclic amines) is 1. The van der Waals surface area contributed by atoms with Crippen LogP contribution in [0.25, 0.3) is 11.0 Å². The maximum atomic E-state index is 13.9. The van der Waals surface area contributed by atoms with Crippen molar-refractivity contribution in [3.63, 3.8) is 0 Å². The lowest BCUT2D eigenvalue weighted by Crippen LogP contribution is -2.18. The first-order valence-electron chi connectivity index (χ1n) is 7.13. The Hall–Kier alpha value is -0.400. The Balaban J connectivity index is 2.05. The molecule has 1 aromatic heterocycles. The summed E-state index contributed by atoms with van der Waals surface area (Å²) in [5, 5.41) is -0.183. The highest BCUT2D eigenvalue weighted by Gasteiger charge is 2.24. The number of halogens is 3. The van der Waals surface area contributed by atoms with Crippen molar-refractivity contribution < 1.29 is 4.39 Å². The third kappa shape index (κ3) is 3.05. The van der Waals surface area contributed by atoms with Crippen molar-refractivity contribution in [2.45, 2.75) is 25.3 Å². The Labute approximate surface area is 142 Å². The SMILES string of the molecule is CC(Cl)c1nc2cc(I)c(F)cc2n1CC1CCN(C)C1. The van der Waals surface area contributed by atoms with Crippen LogP contribution in [0.2, 0.25) is 0 Å². The Kier molecular flexibility index (Phi) is 4.43. The zero-order valence-electron chi connectivity index (χ0n) is 12.1. The highest BCUT2D eigenvalue weighted by atomic mass is 127. The second-order valence-corrected chi connectivity index (χ2v) is 7.69. The topological polar surface area (TPSA) is 21.1 Å². The van der Waals surface area contributed by atoms with E-state index in [9.17, 15) is 4.39 Å². The molecule has 3 rings (SSSR count). The summed E-state index contributed by atoms with van der Waals surface area (Å²) in [4.78, 5) is 6.95. The number of nitrogens with zero attached hydrogens (tertiary/aromatic N) is 3. The van der Waals surface area contributed by atoms with E-state index in [2.05, 4.69) is 21.5 Å². The minimum Gasteiger partial charge on any atom is -0.326 e. The minimum absolute atomic E-state index is 0.183. The van der Waals surface area contributed by atoms with Crippen LogP contribution in [0.3, 0.4) is 0 Å². The first kappa shape index (κ1) is 15.5. The van der Waals surface area contributed by atoms with Crippen molar-refractivity contribution in [3.8, 4) is 0 Å². The van der Waals surface area contributed by atoms with Crippen LogP contribution in [0, 0.1) is 15.3 Å². The van der Waals surface area contributed by atoms with Gasteiger partial charge in [0.2, 0.25) is 0 Å². The first-order valence-corrected chi connectivity index (χ1v) is 8.65. The lowest BCUT2D eigenvalue weighted by Gasteiger charge is -2.15. The van der Waals surface area contributed by atoms with Crippen molar-refractivity contribution in [3.05, 3.63) is 27.3 Å². The molecule has 1 fully saturated rings. The maximum absolute atomic E-state index is 13.9. The van der Waals surface area contributed by atoms with E-state index in [0.717, 1.165) is 36.5 Å². The largest absolute Gasteiger partial charge is 0.326 e. The van der Waals surface area contributed by atoms with Gasteiger partial charge in [-0.3, -0.25) is 0 Å². The molecule has 1 saturated heterocycles. The zero-order chi connectivity index (χ0) is 15.1. The van der Waals surface area contributed by atoms with E-state index in [0.29, 0.717) is 9.49 Å². The molecule has 0 N–H and O–H groups in total. The zero-order valence-corrected chi connectivity index (χ0v) is 15.0. The predicted molar refractivity (Wildman–Crippen MR) is 92.3 cm³/mol. The number of imidazole rings is 1. The van der Waals surface area contributed by atoms with Gasteiger partial charge in [-0.1, -0.05) is 0 Å². The Morgan fingerprint density at radius 1 is 1.52 bits per heavy atom. The number of hydrogen-bond donors (Lipinski definition) is 0. The van der Waals surface area contributed by atoms with E-state index in [1.54, 1.807) is 12.1 Å². The van der Waals surface area contributed by atoms with Crippen LogP contribution >= 0.6 is 34.2 Å². The number of alkyl halides is 1. The Morgan fingerprint density at radius 2 is 2.29 bits per heavy atom. The smallest absolute Gasteiger partial charge is 0.138 e. The molecule has 6 heteroatoms. The molecular weight excluding hydrogens is 404 g/mol. The Morgan fingerprint density at radius 3 is 2.90 bits per heavy atom. The molecule has 0 spiro atoms. The third-order valence-electron chi connectivity index (χ3n) is 4.11. The number of rotatable bonds is 3. The van der Waals surface area contributed by atoms with Crippen LogP contribution in [-0.4, -0.2) is 34.6 Å².